The van der Waals surface area contributed by atoms with E-state index in [9.17, 15) is 17.6 Å². The zero-order valence-corrected chi connectivity index (χ0v) is 16.9. The Morgan fingerprint density at radius 1 is 1.14 bits per heavy atom. The molecule has 0 aromatic heterocycles. The molecule has 1 aliphatic heterocycles. The number of hydrogen-bond acceptors (Lipinski definition) is 4. The first kappa shape index (κ1) is 20.5. The molecule has 0 unspecified atom stereocenters. The number of amides is 1. The van der Waals surface area contributed by atoms with Gasteiger partial charge in [-0.1, -0.05) is 30.7 Å². The molecule has 28 heavy (non-hydrogen) atoms. The second kappa shape index (κ2) is 8.41. The molecule has 1 heterocycles. The van der Waals surface area contributed by atoms with E-state index in [2.05, 4.69) is 4.99 Å². The van der Waals surface area contributed by atoms with Crippen molar-refractivity contribution in [2.45, 2.75) is 13.3 Å². The number of halogens is 2. The molecule has 1 amide bonds. The number of hydrogen-bond donors (Lipinski definition) is 0. The Balaban J connectivity index is 2.05. The van der Waals surface area contributed by atoms with Crippen LogP contribution in [0.25, 0.3) is 0 Å². The molecular formula is C20H20ClFN2O3S. The molecule has 0 radical (unpaired) electrons. The fourth-order valence-electron chi connectivity index (χ4n) is 3.16. The smallest absolute Gasteiger partial charge is 0.248 e. The van der Waals surface area contributed by atoms with Crippen LogP contribution in [0.15, 0.2) is 47.5 Å². The summed E-state index contributed by atoms with van der Waals surface area (Å²) in [5.41, 5.74) is 1.55. The predicted octanol–water partition coefficient (Wildman–Crippen LogP) is 3.49. The van der Waals surface area contributed by atoms with Crippen LogP contribution in [-0.4, -0.2) is 44.6 Å². The van der Waals surface area contributed by atoms with Crippen molar-refractivity contribution in [2.75, 3.05) is 29.5 Å². The van der Waals surface area contributed by atoms with Gasteiger partial charge >= 0.3 is 0 Å². The van der Waals surface area contributed by atoms with E-state index in [-0.39, 0.29) is 36.1 Å². The Labute approximate surface area is 168 Å². The lowest BCUT2D eigenvalue weighted by Crippen LogP contribution is -2.37. The van der Waals surface area contributed by atoms with Crippen molar-refractivity contribution in [3.05, 3.63) is 64.4 Å². The third-order valence-corrected chi connectivity index (χ3v) is 6.52. The van der Waals surface area contributed by atoms with Gasteiger partial charge in [0.25, 0.3) is 0 Å². The topological polar surface area (TPSA) is 66.8 Å². The number of sulfone groups is 1. The highest BCUT2D eigenvalue weighted by Gasteiger charge is 2.27. The molecule has 2 aromatic carbocycles. The number of rotatable bonds is 6. The minimum absolute atomic E-state index is 0.00979. The van der Waals surface area contributed by atoms with Crippen LogP contribution in [-0.2, 0) is 14.6 Å². The van der Waals surface area contributed by atoms with Gasteiger partial charge in [0.1, 0.15) is 12.4 Å². The first-order valence-corrected chi connectivity index (χ1v) is 11.1. The second-order valence-corrected chi connectivity index (χ2v) is 9.24. The minimum atomic E-state index is -3.27. The van der Waals surface area contributed by atoms with E-state index in [0.29, 0.717) is 28.4 Å². The van der Waals surface area contributed by atoms with Crippen molar-refractivity contribution in [1.82, 2.24) is 0 Å². The lowest BCUT2D eigenvalue weighted by atomic mass is 9.99. The molecule has 0 saturated carbocycles. The van der Waals surface area contributed by atoms with Crippen molar-refractivity contribution in [2.24, 2.45) is 4.99 Å². The Morgan fingerprint density at radius 2 is 1.89 bits per heavy atom. The molecule has 0 saturated heterocycles. The third kappa shape index (κ3) is 4.42. The summed E-state index contributed by atoms with van der Waals surface area (Å²) in [6, 6.07) is 11.1. The average molecular weight is 423 g/mol. The second-order valence-electron chi connectivity index (χ2n) is 6.50. The molecule has 2 aromatic rings. The van der Waals surface area contributed by atoms with Crippen LogP contribution in [0.5, 0.6) is 0 Å². The maximum atomic E-state index is 14.4. The molecule has 0 aliphatic carbocycles. The highest BCUT2D eigenvalue weighted by molar-refractivity contribution is 7.91. The fourth-order valence-corrected chi connectivity index (χ4v) is 4.62. The lowest BCUT2D eigenvalue weighted by molar-refractivity contribution is -0.117. The van der Waals surface area contributed by atoms with Crippen LogP contribution < -0.4 is 4.90 Å². The van der Waals surface area contributed by atoms with Gasteiger partial charge in [0.15, 0.2) is 9.84 Å². The molecule has 148 valence electrons. The lowest BCUT2D eigenvalue weighted by Gasteiger charge is -2.23. The molecule has 0 fully saturated rings. The van der Waals surface area contributed by atoms with Gasteiger partial charge in [-0.25, -0.2) is 12.8 Å². The van der Waals surface area contributed by atoms with Crippen molar-refractivity contribution in [3.8, 4) is 0 Å². The summed E-state index contributed by atoms with van der Waals surface area (Å²) in [6.45, 7) is 1.60. The molecule has 3 rings (SSSR count). The van der Waals surface area contributed by atoms with E-state index in [1.54, 1.807) is 43.3 Å². The minimum Gasteiger partial charge on any atom is -0.309 e. The summed E-state index contributed by atoms with van der Waals surface area (Å²) in [4.78, 5) is 18.4. The number of benzodiazepines with no additional fused rings is 1. The highest BCUT2D eigenvalue weighted by atomic mass is 35.5. The molecular weight excluding hydrogens is 403 g/mol. The van der Waals surface area contributed by atoms with Gasteiger partial charge < -0.3 is 4.90 Å². The first-order chi connectivity index (χ1) is 13.3. The standard InChI is InChI=1S/C20H20ClFN2O3S/c1-2-10-28(26,27)11-9-24-18-8-7-14(21)12-16(18)20(23-13-19(24)25)15-5-3-4-6-17(15)22/h3-8,12H,2,9-11,13H2,1H3. The van der Waals surface area contributed by atoms with Gasteiger partial charge in [-0.2, -0.15) is 0 Å². The van der Waals surface area contributed by atoms with Crippen molar-refractivity contribution in [1.29, 1.82) is 0 Å². The van der Waals surface area contributed by atoms with Gasteiger partial charge in [0.05, 0.1) is 17.2 Å². The van der Waals surface area contributed by atoms with Crippen molar-refractivity contribution >= 4 is 38.7 Å². The number of carbonyl (C=O) groups excluding carboxylic acids is 1. The summed E-state index contributed by atoms with van der Waals surface area (Å²) >= 11 is 6.15. The number of aliphatic imine (C=N–C) groups is 1. The van der Waals surface area contributed by atoms with Crippen LogP contribution in [0.4, 0.5) is 10.1 Å². The van der Waals surface area contributed by atoms with Crippen LogP contribution in [0, 0.1) is 5.82 Å². The number of fused-ring (bicyclic) bond motifs is 1. The summed E-state index contributed by atoms with van der Waals surface area (Å²) in [5, 5.41) is 0.413. The fraction of sp³-hybridized carbons (Fsp3) is 0.300. The third-order valence-electron chi connectivity index (χ3n) is 4.45. The zero-order chi connectivity index (χ0) is 20.3. The summed E-state index contributed by atoms with van der Waals surface area (Å²) < 4.78 is 38.6. The first-order valence-electron chi connectivity index (χ1n) is 8.92. The van der Waals surface area contributed by atoms with Gasteiger partial charge in [-0.15, -0.1) is 0 Å². The van der Waals surface area contributed by atoms with Crippen LogP contribution in [0.3, 0.4) is 0 Å². The van der Waals surface area contributed by atoms with Crippen LogP contribution >= 0.6 is 11.6 Å². The SMILES string of the molecule is CCCS(=O)(=O)CCN1C(=O)CN=C(c2ccccc2F)c2cc(Cl)ccc21. The predicted molar refractivity (Wildman–Crippen MR) is 110 cm³/mol. The molecule has 1 aliphatic rings. The number of carbonyl (C=O) groups is 1. The largest absolute Gasteiger partial charge is 0.309 e. The van der Waals surface area contributed by atoms with E-state index >= 15 is 0 Å². The van der Waals surface area contributed by atoms with E-state index in [1.807, 2.05) is 0 Å². The normalized spacial score (nSPS) is 14.5. The van der Waals surface area contributed by atoms with Gasteiger partial charge in [-0.3, -0.25) is 9.79 Å². The van der Waals surface area contributed by atoms with E-state index in [1.165, 1.54) is 11.0 Å². The van der Waals surface area contributed by atoms with Crippen LogP contribution in [0.1, 0.15) is 24.5 Å². The van der Waals surface area contributed by atoms with Gasteiger partial charge in [0.2, 0.25) is 5.91 Å². The van der Waals surface area contributed by atoms with Crippen LogP contribution in [0.2, 0.25) is 5.02 Å². The Kier molecular flexibility index (Phi) is 6.15. The summed E-state index contributed by atoms with van der Waals surface area (Å²) in [7, 11) is -3.27. The molecule has 0 N–H and O–H groups in total. The van der Waals surface area contributed by atoms with E-state index in [0.717, 1.165) is 0 Å². The average Bonchev–Trinajstić information content (AvgIpc) is 2.77. The van der Waals surface area contributed by atoms with Gasteiger partial charge in [0, 0.05) is 28.4 Å². The number of benzene rings is 2. The molecule has 8 heteroatoms. The molecule has 0 atom stereocenters. The van der Waals surface area contributed by atoms with E-state index < -0.39 is 15.7 Å². The number of anilines is 1. The molecule has 0 spiro atoms. The molecule has 5 nitrogen and oxygen atoms in total. The Hall–Kier alpha value is -2.25. The summed E-state index contributed by atoms with van der Waals surface area (Å²) in [6.07, 6.45) is 0.517. The Morgan fingerprint density at radius 3 is 2.61 bits per heavy atom. The monoisotopic (exact) mass is 422 g/mol. The maximum absolute atomic E-state index is 14.4. The quantitative estimate of drug-likeness (QED) is 0.715. The summed E-state index contributed by atoms with van der Waals surface area (Å²) in [5.74, 6) is -0.886. The maximum Gasteiger partial charge on any atom is 0.248 e. The van der Waals surface area contributed by atoms with Crippen molar-refractivity contribution in [3.63, 3.8) is 0 Å². The van der Waals surface area contributed by atoms with Crippen molar-refractivity contribution < 1.29 is 17.6 Å². The Bertz CT molecular complexity index is 1040. The highest BCUT2D eigenvalue weighted by Crippen LogP contribution is 2.30. The molecule has 0 bridgehead atoms. The number of nitrogens with zero attached hydrogens (tertiary/aromatic N) is 2. The zero-order valence-electron chi connectivity index (χ0n) is 15.4. The van der Waals surface area contributed by atoms with Gasteiger partial charge in [-0.05, 0) is 36.8 Å². The van der Waals surface area contributed by atoms with E-state index in [4.69, 9.17) is 11.6 Å².